The van der Waals surface area contributed by atoms with E-state index in [0.29, 0.717) is 34.0 Å². The number of rotatable bonds is 7. The van der Waals surface area contributed by atoms with Gasteiger partial charge in [0.05, 0.1) is 30.4 Å². The molecule has 0 unspecified atom stereocenters. The summed E-state index contributed by atoms with van der Waals surface area (Å²) in [6.45, 7) is 11.1. The van der Waals surface area contributed by atoms with Gasteiger partial charge in [0, 0.05) is 11.8 Å². The first-order valence-corrected chi connectivity index (χ1v) is 16.4. The number of anilines is 3. The van der Waals surface area contributed by atoms with Crippen molar-refractivity contribution in [2.24, 2.45) is 11.3 Å². The van der Waals surface area contributed by atoms with Gasteiger partial charge in [-0.25, -0.2) is 14.8 Å². The number of esters is 1. The van der Waals surface area contributed by atoms with Crippen LogP contribution in [0.4, 0.5) is 22.2 Å². The monoisotopic (exact) mass is 559 g/mol. The van der Waals surface area contributed by atoms with Gasteiger partial charge in [-0.05, 0) is 62.2 Å². The van der Waals surface area contributed by atoms with E-state index in [1.165, 1.54) is 16.9 Å². The number of urea groups is 1. The Bertz CT molecular complexity index is 1170. The van der Waals surface area contributed by atoms with E-state index >= 15 is 0 Å². The predicted molar refractivity (Wildman–Crippen MR) is 152 cm³/mol. The minimum absolute atomic E-state index is 0.148. The van der Waals surface area contributed by atoms with Gasteiger partial charge in [0.25, 0.3) is 5.95 Å². The lowest BCUT2D eigenvalue weighted by Gasteiger charge is -2.41. The van der Waals surface area contributed by atoms with Crippen LogP contribution in [0.15, 0.2) is 30.5 Å². The summed E-state index contributed by atoms with van der Waals surface area (Å²) in [5.74, 6) is 0.910. The summed E-state index contributed by atoms with van der Waals surface area (Å²) in [5, 5.41) is 2.31. The topological polar surface area (TPSA) is 88.1 Å². The summed E-state index contributed by atoms with van der Waals surface area (Å²) in [5.41, 5.74) is 1.53. The molecule has 0 radical (unpaired) electrons. The van der Waals surface area contributed by atoms with Gasteiger partial charge in [0.1, 0.15) is 12.4 Å². The molecule has 1 aromatic carbocycles. The van der Waals surface area contributed by atoms with E-state index < -0.39 is 21.0 Å². The standard InChI is InChI=1S/C27H38ClN5O4Si/c1-27(2,3)19-11-13-20(14-12-19)33(37-38(5)6)25-29-15-18-16-31(22-10-8-7-9-21(22)28)26(35)32(24(18)30-25)17-23(34)36-4/h7-10,15,19-20,38H,11-14,16-17H2,1-6H3/t19-,20-. The highest BCUT2D eigenvalue weighted by Gasteiger charge is 2.38. The predicted octanol–water partition coefficient (Wildman–Crippen LogP) is 5.58. The molecule has 2 aromatic rings. The summed E-state index contributed by atoms with van der Waals surface area (Å²) < 4.78 is 11.3. The zero-order valence-electron chi connectivity index (χ0n) is 23.1. The Morgan fingerprint density at radius 2 is 1.87 bits per heavy atom. The molecule has 9 nitrogen and oxygen atoms in total. The summed E-state index contributed by atoms with van der Waals surface area (Å²) >= 11 is 6.42. The summed E-state index contributed by atoms with van der Waals surface area (Å²) in [6, 6.07) is 6.86. The third-order valence-electron chi connectivity index (χ3n) is 7.31. The molecule has 11 heteroatoms. The van der Waals surface area contributed by atoms with Crippen LogP contribution in [0, 0.1) is 11.3 Å². The van der Waals surface area contributed by atoms with Crippen LogP contribution in [-0.2, 0) is 20.6 Å². The van der Waals surface area contributed by atoms with Crippen LogP contribution >= 0.6 is 11.6 Å². The molecule has 1 aliphatic heterocycles. The number of para-hydroxylation sites is 1. The Hall–Kier alpha value is -2.69. The normalized spacial score (nSPS) is 19.9. The number of aromatic nitrogens is 2. The van der Waals surface area contributed by atoms with Gasteiger partial charge in [0.15, 0.2) is 0 Å². The van der Waals surface area contributed by atoms with Crippen LogP contribution in [0.3, 0.4) is 0 Å². The van der Waals surface area contributed by atoms with Crippen LogP contribution < -0.4 is 14.9 Å². The summed E-state index contributed by atoms with van der Waals surface area (Å²) in [6.07, 6.45) is 5.90. The van der Waals surface area contributed by atoms with Gasteiger partial charge < -0.3 is 9.26 Å². The van der Waals surface area contributed by atoms with Crippen molar-refractivity contribution in [3.63, 3.8) is 0 Å². The highest BCUT2D eigenvalue weighted by molar-refractivity contribution is 6.48. The van der Waals surface area contributed by atoms with Crippen molar-refractivity contribution in [3.05, 3.63) is 41.0 Å². The number of ether oxygens (including phenoxy) is 1. The van der Waals surface area contributed by atoms with E-state index in [1.54, 1.807) is 24.4 Å². The SMILES string of the molecule is COC(=O)CN1C(=O)N(c2ccccc2Cl)Cc2cnc(N(O[SiH](C)C)[C@H]3CC[C@H](C(C)(C)C)CC3)nc21. The Balaban J connectivity index is 1.69. The average molecular weight is 560 g/mol. The number of hydrogen-bond donors (Lipinski definition) is 0. The van der Waals surface area contributed by atoms with Crippen LogP contribution in [0.1, 0.15) is 52.0 Å². The van der Waals surface area contributed by atoms with Crippen LogP contribution in [-0.4, -0.2) is 50.7 Å². The minimum atomic E-state index is -1.49. The number of hydrogen-bond acceptors (Lipinski definition) is 7. The number of benzene rings is 1. The zero-order chi connectivity index (χ0) is 27.6. The van der Waals surface area contributed by atoms with Gasteiger partial charge in [-0.15, -0.1) is 0 Å². The van der Waals surface area contributed by atoms with Gasteiger partial charge in [-0.2, -0.15) is 4.98 Å². The van der Waals surface area contributed by atoms with Crippen molar-refractivity contribution in [2.45, 2.75) is 72.1 Å². The molecule has 1 saturated carbocycles. The molecule has 0 saturated heterocycles. The Morgan fingerprint density at radius 1 is 1.18 bits per heavy atom. The second-order valence-corrected chi connectivity index (χ2v) is 14.1. The minimum Gasteiger partial charge on any atom is -0.468 e. The third kappa shape index (κ3) is 6.13. The molecule has 38 heavy (non-hydrogen) atoms. The largest absolute Gasteiger partial charge is 0.468 e. The quantitative estimate of drug-likeness (QED) is 0.249. The second kappa shape index (κ2) is 11.6. The van der Waals surface area contributed by atoms with Gasteiger partial charge in [-0.3, -0.25) is 14.6 Å². The van der Waals surface area contributed by atoms with E-state index in [-0.39, 0.29) is 24.5 Å². The number of amides is 2. The lowest BCUT2D eigenvalue weighted by Crippen LogP contribution is -2.50. The van der Waals surface area contributed by atoms with Crippen molar-refractivity contribution in [1.82, 2.24) is 9.97 Å². The molecule has 1 aromatic heterocycles. The van der Waals surface area contributed by atoms with Crippen LogP contribution in [0.2, 0.25) is 18.1 Å². The third-order valence-corrected chi connectivity index (χ3v) is 8.28. The molecule has 206 valence electrons. The smallest absolute Gasteiger partial charge is 0.331 e. The number of methoxy groups -OCH3 is 1. The first kappa shape index (κ1) is 28.3. The lowest BCUT2D eigenvalue weighted by molar-refractivity contribution is -0.138. The number of nitrogens with zero attached hydrogens (tertiary/aromatic N) is 5. The molecule has 2 amide bonds. The molecule has 0 bridgehead atoms. The molecule has 0 N–H and O–H groups in total. The zero-order valence-corrected chi connectivity index (χ0v) is 25.0. The summed E-state index contributed by atoms with van der Waals surface area (Å²) in [7, 11) is -0.197. The fourth-order valence-electron chi connectivity index (χ4n) is 5.21. The molecule has 0 atom stereocenters. The van der Waals surface area contributed by atoms with E-state index in [9.17, 15) is 9.59 Å². The van der Waals surface area contributed by atoms with Gasteiger partial charge in [-0.1, -0.05) is 44.5 Å². The fraction of sp³-hybridized carbons (Fsp3) is 0.556. The Kier molecular flexibility index (Phi) is 8.64. The van der Waals surface area contributed by atoms with Gasteiger partial charge in [0.2, 0.25) is 9.04 Å². The molecule has 4 rings (SSSR count). The fourth-order valence-corrected chi connectivity index (χ4v) is 6.17. The van der Waals surface area contributed by atoms with Crippen LogP contribution in [0.25, 0.3) is 0 Å². The van der Waals surface area contributed by atoms with E-state index in [2.05, 4.69) is 33.9 Å². The molecule has 1 aliphatic carbocycles. The van der Waals surface area contributed by atoms with E-state index in [1.807, 2.05) is 11.1 Å². The molecule has 1 fully saturated rings. The van der Waals surface area contributed by atoms with Crippen molar-refractivity contribution in [2.75, 3.05) is 28.5 Å². The van der Waals surface area contributed by atoms with E-state index in [4.69, 9.17) is 30.8 Å². The van der Waals surface area contributed by atoms with Crippen LogP contribution in [0.5, 0.6) is 0 Å². The number of carbonyl (C=O) groups excluding carboxylic acids is 2. The molecule has 0 spiro atoms. The van der Waals surface area contributed by atoms with Gasteiger partial charge >= 0.3 is 12.0 Å². The maximum absolute atomic E-state index is 13.7. The molecule has 2 aliphatic rings. The maximum Gasteiger partial charge on any atom is 0.331 e. The van der Waals surface area contributed by atoms with Crippen molar-refractivity contribution in [1.29, 1.82) is 0 Å². The first-order valence-electron chi connectivity index (χ1n) is 13.2. The second-order valence-electron chi connectivity index (χ2n) is 11.4. The lowest BCUT2D eigenvalue weighted by atomic mass is 9.71. The molecule has 2 heterocycles. The van der Waals surface area contributed by atoms with E-state index in [0.717, 1.165) is 25.7 Å². The Morgan fingerprint density at radius 3 is 2.47 bits per heavy atom. The first-order chi connectivity index (χ1) is 18.0. The Labute approximate surface area is 231 Å². The number of halogens is 1. The number of hydroxylamine groups is 1. The molecular weight excluding hydrogens is 522 g/mol. The highest BCUT2D eigenvalue weighted by atomic mass is 35.5. The van der Waals surface area contributed by atoms with Crippen molar-refractivity contribution >= 4 is 50.1 Å². The highest BCUT2D eigenvalue weighted by Crippen LogP contribution is 2.40. The van der Waals surface area contributed by atoms with Crippen molar-refractivity contribution in [3.8, 4) is 0 Å². The number of fused-ring (bicyclic) bond motifs is 1. The average Bonchev–Trinajstić information content (AvgIpc) is 2.88. The number of carbonyl (C=O) groups is 2. The maximum atomic E-state index is 13.7. The van der Waals surface area contributed by atoms with Crippen molar-refractivity contribution < 1.29 is 18.9 Å². The molecular formula is C27H38ClN5O4Si. The summed E-state index contributed by atoms with van der Waals surface area (Å²) in [4.78, 5) is 38.4.